The number of hydrogen-bond donors (Lipinski definition) is 2. The van der Waals surface area contributed by atoms with Crippen LogP contribution < -0.4 is 10.6 Å². The Morgan fingerprint density at radius 1 is 0.941 bits per heavy atom. The molecule has 0 bridgehead atoms. The summed E-state index contributed by atoms with van der Waals surface area (Å²) in [6.45, 7) is 10.8. The van der Waals surface area contributed by atoms with Crippen LogP contribution in [0.15, 0.2) is 0 Å². The van der Waals surface area contributed by atoms with Crippen molar-refractivity contribution < 1.29 is 7.65 Å². The van der Waals surface area contributed by atoms with E-state index in [1.807, 2.05) is 13.8 Å². The number of carbonyl (C=O) groups excluding carboxylic acids is 1. The van der Waals surface area contributed by atoms with Crippen molar-refractivity contribution in [2.24, 2.45) is 0 Å². The van der Waals surface area contributed by atoms with Crippen LogP contribution in [0.25, 0.3) is 0 Å². The molecule has 0 saturated heterocycles. The van der Waals surface area contributed by atoms with Crippen molar-refractivity contribution in [2.45, 2.75) is 66.2 Å². The third-order valence-electron chi connectivity index (χ3n) is 2.40. The van der Waals surface area contributed by atoms with Crippen LogP contribution in [-0.4, -0.2) is 25.5 Å². The Bertz CT molecular complexity index is 158. The molecule has 0 aliphatic carbocycles. The summed E-state index contributed by atoms with van der Waals surface area (Å²) in [6.07, 6.45) is 7.60. The highest BCUT2D eigenvalue weighted by molar-refractivity contribution is 5.72. The summed E-state index contributed by atoms with van der Waals surface area (Å²) in [6, 6.07) is 0. The van der Waals surface area contributed by atoms with Gasteiger partial charge in [0.25, 0.3) is 0 Å². The van der Waals surface area contributed by atoms with Crippen molar-refractivity contribution in [1.29, 1.82) is 0 Å². The average Bonchev–Trinajstić information content (AvgIpc) is 2.34. The molecule has 0 atom stereocenters. The summed E-state index contributed by atoms with van der Waals surface area (Å²) in [7, 11) is 0. The predicted octanol–water partition coefficient (Wildman–Crippen LogP) is 3.59. The zero-order chi connectivity index (χ0) is 13.4. The van der Waals surface area contributed by atoms with Crippen molar-refractivity contribution in [1.82, 2.24) is 10.6 Å². The zero-order valence-corrected chi connectivity index (χ0v) is 12.3. The van der Waals surface area contributed by atoms with E-state index in [-0.39, 0.29) is 8.76 Å². The highest BCUT2D eigenvalue weighted by atomic mass is 16.1. The van der Waals surface area contributed by atoms with Gasteiger partial charge in [0, 0.05) is 16.3 Å². The SMILES string of the molecule is CC.CCNCCCCCCCCNC(C)=O.[HH].[HH]. The number of amides is 1. The Morgan fingerprint density at radius 3 is 1.88 bits per heavy atom. The second-order valence-corrected chi connectivity index (χ2v) is 3.96. The van der Waals surface area contributed by atoms with Crippen molar-refractivity contribution in [2.75, 3.05) is 19.6 Å². The Labute approximate surface area is 111 Å². The van der Waals surface area contributed by atoms with E-state index in [2.05, 4.69) is 17.6 Å². The van der Waals surface area contributed by atoms with Crippen LogP contribution in [0, 0.1) is 0 Å². The summed E-state index contributed by atoms with van der Waals surface area (Å²) in [5.74, 6) is 0.0839. The second-order valence-electron chi connectivity index (χ2n) is 3.96. The van der Waals surface area contributed by atoms with Crippen LogP contribution in [0.5, 0.6) is 0 Å². The summed E-state index contributed by atoms with van der Waals surface area (Å²) >= 11 is 0. The molecule has 3 nitrogen and oxygen atoms in total. The van der Waals surface area contributed by atoms with Gasteiger partial charge in [-0.25, -0.2) is 0 Å². The van der Waals surface area contributed by atoms with E-state index in [1.54, 1.807) is 6.92 Å². The molecular formula is C14H36N2O. The first-order valence-corrected chi connectivity index (χ1v) is 7.22. The number of carbonyl (C=O) groups is 1. The van der Waals surface area contributed by atoms with Crippen molar-refractivity contribution in [3.63, 3.8) is 0 Å². The summed E-state index contributed by atoms with van der Waals surface area (Å²) < 4.78 is 0. The first-order chi connectivity index (χ1) is 8.27. The van der Waals surface area contributed by atoms with Gasteiger partial charge in [-0.2, -0.15) is 0 Å². The molecule has 0 saturated carbocycles. The molecule has 3 heteroatoms. The van der Waals surface area contributed by atoms with E-state index < -0.39 is 0 Å². The minimum absolute atomic E-state index is 0. The van der Waals surface area contributed by atoms with Crippen LogP contribution in [-0.2, 0) is 4.79 Å². The van der Waals surface area contributed by atoms with Gasteiger partial charge in [0.1, 0.15) is 0 Å². The maximum absolute atomic E-state index is 10.6. The largest absolute Gasteiger partial charge is 0.356 e. The van der Waals surface area contributed by atoms with E-state index >= 15 is 0 Å². The Kier molecular flexibility index (Phi) is 19.7. The first kappa shape index (κ1) is 18.8. The van der Waals surface area contributed by atoms with E-state index in [4.69, 9.17) is 0 Å². The quantitative estimate of drug-likeness (QED) is 0.580. The summed E-state index contributed by atoms with van der Waals surface area (Å²) in [5.41, 5.74) is 0. The standard InChI is InChI=1S/C12H26N2O.C2H6.2H2/c1-3-13-10-8-6-4-5-7-9-11-14-12(2)15;1-2;;/h13H,3-11H2,1-2H3,(H,14,15);1-2H3;2*1H. The molecule has 2 N–H and O–H groups in total. The molecule has 0 aromatic heterocycles. The van der Waals surface area contributed by atoms with Gasteiger partial charge in [0.2, 0.25) is 5.91 Å². The fourth-order valence-electron chi connectivity index (χ4n) is 1.52. The van der Waals surface area contributed by atoms with E-state index in [0.717, 1.165) is 26.1 Å². The van der Waals surface area contributed by atoms with Gasteiger partial charge in [-0.3, -0.25) is 4.79 Å². The molecule has 17 heavy (non-hydrogen) atoms. The minimum Gasteiger partial charge on any atom is -0.356 e. The highest BCUT2D eigenvalue weighted by Crippen LogP contribution is 2.04. The molecule has 0 fully saturated rings. The second kappa shape index (κ2) is 17.8. The molecule has 0 unspecified atom stereocenters. The normalized spacial score (nSPS) is 9.41. The molecule has 0 spiro atoms. The van der Waals surface area contributed by atoms with Gasteiger partial charge in [0.05, 0.1) is 0 Å². The Morgan fingerprint density at radius 2 is 1.41 bits per heavy atom. The molecule has 0 heterocycles. The molecule has 0 aliphatic rings. The Hall–Kier alpha value is -0.570. The first-order valence-electron chi connectivity index (χ1n) is 7.22. The van der Waals surface area contributed by atoms with Gasteiger partial charge in [-0.1, -0.05) is 46.5 Å². The lowest BCUT2D eigenvalue weighted by Crippen LogP contribution is -2.20. The highest BCUT2D eigenvalue weighted by Gasteiger charge is 1.92. The van der Waals surface area contributed by atoms with Crippen LogP contribution in [0.4, 0.5) is 0 Å². The van der Waals surface area contributed by atoms with Crippen molar-refractivity contribution in [3.8, 4) is 0 Å². The summed E-state index contributed by atoms with van der Waals surface area (Å²) in [4.78, 5) is 10.6. The van der Waals surface area contributed by atoms with Gasteiger partial charge in [-0.15, -0.1) is 0 Å². The smallest absolute Gasteiger partial charge is 0.216 e. The number of hydrogen-bond acceptors (Lipinski definition) is 2. The predicted molar refractivity (Wildman–Crippen MR) is 80.5 cm³/mol. The fraction of sp³-hybridized carbons (Fsp3) is 0.929. The lowest BCUT2D eigenvalue weighted by molar-refractivity contribution is -0.118. The van der Waals surface area contributed by atoms with Crippen LogP contribution in [0.1, 0.15) is 69.1 Å². The fourth-order valence-corrected chi connectivity index (χ4v) is 1.52. The van der Waals surface area contributed by atoms with Crippen molar-refractivity contribution >= 4 is 5.91 Å². The van der Waals surface area contributed by atoms with E-state index in [1.165, 1.54) is 32.1 Å². The molecular weight excluding hydrogens is 212 g/mol. The molecule has 1 amide bonds. The average molecular weight is 248 g/mol. The molecule has 0 aliphatic heterocycles. The van der Waals surface area contributed by atoms with Gasteiger partial charge >= 0.3 is 0 Å². The van der Waals surface area contributed by atoms with Gasteiger partial charge in [0.15, 0.2) is 0 Å². The van der Waals surface area contributed by atoms with Crippen LogP contribution >= 0.6 is 0 Å². The lowest BCUT2D eigenvalue weighted by Gasteiger charge is -2.03. The maximum atomic E-state index is 10.6. The van der Waals surface area contributed by atoms with E-state index in [9.17, 15) is 4.79 Å². The maximum Gasteiger partial charge on any atom is 0.216 e. The third kappa shape index (κ3) is 21.3. The van der Waals surface area contributed by atoms with Gasteiger partial charge in [-0.05, 0) is 25.9 Å². The molecule has 108 valence electrons. The molecule has 0 aromatic carbocycles. The minimum atomic E-state index is 0. The van der Waals surface area contributed by atoms with E-state index in [0.29, 0.717) is 0 Å². The zero-order valence-electron chi connectivity index (χ0n) is 12.3. The number of unbranched alkanes of at least 4 members (excludes halogenated alkanes) is 5. The van der Waals surface area contributed by atoms with Crippen LogP contribution in [0.2, 0.25) is 0 Å². The molecule has 0 rings (SSSR count). The lowest BCUT2D eigenvalue weighted by atomic mass is 10.1. The topological polar surface area (TPSA) is 41.1 Å². The Balaban J connectivity index is -0.000000267. The van der Waals surface area contributed by atoms with Crippen LogP contribution in [0.3, 0.4) is 0 Å². The monoisotopic (exact) mass is 248 g/mol. The van der Waals surface area contributed by atoms with Gasteiger partial charge < -0.3 is 10.6 Å². The number of nitrogens with one attached hydrogen (secondary N) is 2. The van der Waals surface area contributed by atoms with Crippen molar-refractivity contribution in [3.05, 3.63) is 0 Å². The molecule has 0 radical (unpaired) electrons. The molecule has 0 aromatic rings. The third-order valence-corrected chi connectivity index (χ3v) is 2.40. The number of rotatable bonds is 10. The summed E-state index contributed by atoms with van der Waals surface area (Å²) in [5, 5.41) is 6.14.